The molecule has 2 rings (SSSR count). The molecule has 0 amide bonds. The Labute approximate surface area is 124 Å². The predicted octanol–water partition coefficient (Wildman–Crippen LogP) is 3.27. The Morgan fingerprint density at radius 2 is 1.76 bits per heavy atom. The van der Waals surface area contributed by atoms with Crippen LogP contribution >= 0.6 is 0 Å². The molecule has 4 nitrogen and oxygen atoms in total. The molecule has 0 atom stereocenters. The van der Waals surface area contributed by atoms with Crippen LogP contribution in [0.15, 0.2) is 42.5 Å². The Kier molecular flexibility index (Phi) is 4.82. The second-order valence-electron chi connectivity index (χ2n) is 4.59. The summed E-state index contributed by atoms with van der Waals surface area (Å²) in [4.78, 5) is 12.2. The Hall–Kier alpha value is -2.49. The molecule has 0 N–H and O–H groups in total. The molecule has 0 aliphatic carbocycles. The van der Waals surface area contributed by atoms with Crippen molar-refractivity contribution in [2.24, 2.45) is 0 Å². The fourth-order valence-electron chi connectivity index (χ4n) is 1.95. The zero-order valence-corrected chi connectivity index (χ0v) is 12.4. The number of aryl methyl sites for hydroxylation is 1. The summed E-state index contributed by atoms with van der Waals surface area (Å²) >= 11 is 0. The van der Waals surface area contributed by atoms with Crippen LogP contribution in [0.5, 0.6) is 17.2 Å². The van der Waals surface area contributed by atoms with Gasteiger partial charge in [0.2, 0.25) is 5.78 Å². The van der Waals surface area contributed by atoms with Gasteiger partial charge in [0.15, 0.2) is 6.61 Å². The molecule has 0 heterocycles. The minimum absolute atomic E-state index is 0.0490. The van der Waals surface area contributed by atoms with E-state index in [0.29, 0.717) is 22.8 Å². The van der Waals surface area contributed by atoms with E-state index in [4.69, 9.17) is 14.2 Å². The summed E-state index contributed by atoms with van der Waals surface area (Å²) in [6, 6.07) is 12.6. The van der Waals surface area contributed by atoms with Gasteiger partial charge in [-0.25, -0.2) is 0 Å². The minimum atomic E-state index is -0.130. The Morgan fingerprint density at radius 1 is 1.00 bits per heavy atom. The second kappa shape index (κ2) is 6.79. The lowest BCUT2D eigenvalue weighted by Crippen LogP contribution is -2.13. The highest BCUT2D eigenvalue weighted by molar-refractivity contribution is 5.99. The van der Waals surface area contributed by atoms with E-state index in [1.54, 1.807) is 32.4 Å². The molecule has 0 unspecified atom stereocenters. The number of rotatable bonds is 6. The third-order valence-corrected chi connectivity index (χ3v) is 3.07. The van der Waals surface area contributed by atoms with E-state index in [1.165, 1.54) is 0 Å². The van der Waals surface area contributed by atoms with Gasteiger partial charge < -0.3 is 14.2 Å². The molecule has 0 aliphatic rings. The van der Waals surface area contributed by atoms with Crippen LogP contribution in [0.1, 0.15) is 15.9 Å². The second-order valence-corrected chi connectivity index (χ2v) is 4.59. The number of carbonyl (C=O) groups excluding carboxylic acids is 1. The van der Waals surface area contributed by atoms with Gasteiger partial charge in [-0.15, -0.1) is 0 Å². The van der Waals surface area contributed by atoms with E-state index in [1.807, 2.05) is 31.2 Å². The fourth-order valence-corrected chi connectivity index (χ4v) is 1.95. The smallest absolute Gasteiger partial charge is 0.203 e. The molecule has 0 bridgehead atoms. The van der Waals surface area contributed by atoms with Gasteiger partial charge in [0.25, 0.3) is 0 Å². The molecule has 2 aromatic carbocycles. The zero-order valence-electron chi connectivity index (χ0n) is 12.4. The van der Waals surface area contributed by atoms with Gasteiger partial charge >= 0.3 is 0 Å². The third kappa shape index (κ3) is 3.75. The van der Waals surface area contributed by atoms with Gasteiger partial charge in [-0.05, 0) is 36.8 Å². The van der Waals surface area contributed by atoms with Crippen LogP contribution < -0.4 is 14.2 Å². The van der Waals surface area contributed by atoms with Gasteiger partial charge in [0, 0.05) is 6.07 Å². The number of hydrogen-bond donors (Lipinski definition) is 0. The van der Waals surface area contributed by atoms with Crippen molar-refractivity contribution in [3.8, 4) is 17.2 Å². The van der Waals surface area contributed by atoms with Crippen LogP contribution in [-0.2, 0) is 0 Å². The SMILES string of the molecule is COc1cccc(OCC(=O)c2ccc(C)cc2OC)c1. The number of methoxy groups -OCH3 is 2. The zero-order chi connectivity index (χ0) is 15.2. The van der Waals surface area contributed by atoms with E-state index in [-0.39, 0.29) is 12.4 Å². The fraction of sp³-hybridized carbons (Fsp3) is 0.235. The highest BCUT2D eigenvalue weighted by Crippen LogP contribution is 2.22. The predicted molar refractivity (Wildman–Crippen MR) is 80.6 cm³/mol. The van der Waals surface area contributed by atoms with Crippen molar-refractivity contribution in [1.29, 1.82) is 0 Å². The molecule has 0 spiro atoms. The van der Waals surface area contributed by atoms with Crippen LogP contribution in [0, 0.1) is 6.92 Å². The molecule has 0 fully saturated rings. The maximum Gasteiger partial charge on any atom is 0.203 e. The van der Waals surface area contributed by atoms with E-state index in [9.17, 15) is 4.79 Å². The molecule has 0 saturated heterocycles. The van der Waals surface area contributed by atoms with Crippen LogP contribution in [0.4, 0.5) is 0 Å². The van der Waals surface area contributed by atoms with E-state index in [0.717, 1.165) is 5.56 Å². The molecule has 2 aromatic rings. The molecular formula is C17H18O4. The number of ketones is 1. The first-order valence-corrected chi connectivity index (χ1v) is 6.58. The van der Waals surface area contributed by atoms with Gasteiger partial charge in [-0.3, -0.25) is 4.79 Å². The van der Waals surface area contributed by atoms with Crippen molar-refractivity contribution < 1.29 is 19.0 Å². The lowest BCUT2D eigenvalue weighted by Gasteiger charge is -2.10. The highest BCUT2D eigenvalue weighted by Gasteiger charge is 2.13. The highest BCUT2D eigenvalue weighted by atomic mass is 16.5. The number of hydrogen-bond acceptors (Lipinski definition) is 4. The summed E-state index contributed by atoms with van der Waals surface area (Å²) in [6.45, 7) is 1.90. The number of ether oxygens (including phenoxy) is 3. The molecule has 4 heteroatoms. The van der Waals surface area contributed by atoms with Gasteiger partial charge in [-0.2, -0.15) is 0 Å². The Bertz CT molecular complexity index is 634. The molecule has 110 valence electrons. The maximum atomic E-state index is 12.2. The number of carbonyl (C=O) groups is 1. The van der Waals surface area contributed by atoms with Crippen LogP contribution in [0.3, 0.4) is 0 Å². The summed E-state index contributed by atoms with van der Waals surface area (Å²) in [5.41, 5.74) is 1.56. The van der Waals surface area contributed by atoms with Gasteiger partial charge in [0.1, 0.15) is 17.2 Å². The summed E-state index contributed by atoms with van der Waals surface area (Å²) in [5.74, 6) is 1.71. The first-order chi connectivity index (χ1) is 10.1. The molecule has 0 saturated carbocycles. The van der Waals surface area contributed by atoms with Gasteiger partial charge in [0.05, 0.1) is 19.8 Å². The average molecular weight is 286 g/mol. The number of Topliss-reactive ketones (excluding diaryl/α,β-unsaturated/α-hetero) is 1. The van der Waals surface area contributed by atoms with Crippen molar-refractivity contribution in [1.82, 2.24) is 0 Å². The topological polar surface area (TPSA) is 44.8 Å². The van der Waals surface area contributed by atoms with Crippen molar-refractivity contribution in [3.05, 3.63) is 53.6 Å². The van der Waals surface area contributed by atoms with Crippen molar-refractivity contribution in [2.45, 2.75) is 6.92 Å². The molecule has 21 heavy (non-hydrogen) atoms. The van der Waals surface area contributed by atoms with E-state index < -0.39 is 0 Å². The van der Waals surface area contributed by atoms with Gasteiger partial charge in [-0.1, -0.05) is 12.1 Å². The van der Waals surface area contributed by atoms with Crippen LogP contribution in [0.2, 0.25) is 0 Å². The van der Waals surface area contributed by atoms with Crippen LogP contribution in [-0.4, -0.2) is 26.6 Å². The summed E-state index contributed by atoms with van der Waals surface area (Å²) in [7, 11) is 3.13. The summed E-state index contributed by atoms with van der Waals surface area (Å²) in [5, 5.41) is 0. The minimum Gasteiger partial charge on any atom is -0.497 e. The molecule has 0 aliphatic heterocycles. The first-order valence-electron chi connectivity index (χ1n) is 6.58. The molecular weight excluding hydrogens is 268 g/mol. The largest absolute Gasteiger partial charge is 0.497 e. The average Bonchev–Trinajstić information content (AvgIpc) is 2.52. The monoisotopic (exact) mass is 286 g/mol. The Morgan fingerprint density at radius 3 is 2.48 bits per heavy atom. The molecule has 0 radical (unpaired) electrons. The quantitative estimate of drug-likeness (QED) is 0.764. The lowest BCUT2D eigenvalue weighted by atomic mass is 10.1. The lowest BCUT2D eigenvalue weighted by molar-refractivity contribution is 0.0918. The maximum absolute atomic E-state index is 12.2. The third-order valence-electron chi connectivity index (χ3n) is 3.07. The number of benzene rings is 2. The first kappa shape index (κ1) is 14.9. The van der Waals surface area contributed by atoms with E-state index in [2.05, 4.69) is 0 Å². The Balaban J connectivity index is 2.08. The molecule has 0 aromatic heterocycles. The van der Waals surface area contributed by atoms with Crippen LogP contribution in [0.25, 0.3) is 0 Å². The standard InChI is InChI=1S/C17H18O4/c1-12-7-8-15(17(9-12)20-3)16(18)11-21-14-6-4-5-13(10-14)19-2/h4-10H,11H2,1-3H3. The normalized spacial score (nSPS) is 10.0. The summed E-state index contributed by atoms with van der Waals surface area (Å²) < 4.78 is 15.9. The van der Waals surface area contributed by atoms with Crippen molar-refractivity contribution >= 4 is 5.78 Å². The van der Waals surface area contributed by atoms with Crippen molar-refractivity contribution in [3.63, 3.8) is 0 Å². The summed E-state index contributed by atoms with van der Waals surface area (Å²) in [6.07, 6.45) is 0. The van der Waals surface area contributed by atoms with E-state index >= 15 is 0 Å². The van der Waals surface area contributed by atoms with Crippen molar-refractivity contribution in [2.75, 3.05) is 20.8 Å².